The molecule has 0 saturated carbocycles. The van der Waals surface area contributed by atoms with Gasteiger partial charge in [0.25, 0.3) is 0 Å². The molecule has 1 atom stereocenters. The van der Waals surface area contributed by atoms with Gasteiger partial charge in [-0.3, -0.25) is 9.59 Å². The van der Waals surface area contributed by atoms with Crippen molar-refractivity contribution in [3.8, 4) is 11.1 Å². The van der Waals surface area contributed by atoms with Crippen molar-refractivity contribution in [1.29, 1.82) is 0 Å². The van der Waals surface area contributed by atoms with Crippen molar-refractivity contribution in [2.75, 3.05) is 26.2 Å². The number of hydrogen-bond acceptors (Lipinski definition) is 5. The van der Waals surface area contributed by atoms with Gasteiger partial charge in [-0.1, -0.05) is 6.58 Å². The van der Waals surface area contributed by atoms with Gasteiger partial charge in [0.15, 0.2) is 0 Å². The smallest absolute Gasteiger partial charge is 0.245 e. The van der Waals surface area contributed by atoms with Gasteiger partial charge in [-0.05, 0) is 55.2 Å². The monoisotopic (exact) mass is 457 g/mol. The van der Waals surface area contributed by atoms with Crippen molar-refractivity contribution in [2.24, 2.45) is 0 Å². The Morgan fingerprint density at radius 2 is 1.97 bits per heavy atom. The summed E-state index contributed by atoms with van der Waals surface area (Å²) in [5.41, 5.74) is 5.08. The van der Waals surface area contributed by atoms with Crippen LogP contribution < -0.4 is 0 Å². The molecule has 6 rings (SSSR count). The highest BCUT2D eigenvalue weighted by Gasteiger charge is 2.25. The zero-order valence-corrected chi connectivity index (χ0v) is 18.9. The van der Waals surface area contributed by atoms with Crippen LogP contribution in [-0.4, -0.2) is 73.1 Å². The first-order valence-corrected chi connectivity index (χ1v) is 11.6. The number of amides is 2. The van der Waals surface area contributed by atoms with Crippen LogP contribution in [0, 0.1) is 0 Å². The third-order valence-electron chi connectivity index (χ3n) is 6.55. The molecule has 2 amide bonds. The molecule has 2 saturated heterocycles. The molecule has 174 valence electrons. The fourth-order valence-corrected chi connectivity index (χ4v) is 4.75. The summed E-state index contributed by atoms with van der Waals surface area (Å²) in [6.07, 6.45) is 11.0. The van der Waals surface area contributed by atoms with E-state index in [-0.39, 0.29) is 5.91 Å². The maximum atomic E-state index is 11.0. The molecule has 0 aliphatic carbocycles. The van der Waals surface area contributed by atoms with Crippen LogP contribution in [0.4, 0.5) is 0 Å². The summed E-state index contributed by atoms with van der Waals surface area (Å²) in [6, 6.07) is 8.09. The second kappa shape index (κ2) is 9.46. The van der Waals surface area contributed by atoms with Crippen molar-refractivity contribution < 1.29 is 9.59 Å². The minimum absolute atomic E-state index is 0.0764. The van der Waals surface area contributed by atoms with Gasteiger partial charge in [0.2, 0.25) is 12.3 Å². The molecule has 6 heterocycles. The predicted molar refractivity (Wildman–Crippen MR) is 129 cm³/mol. The maximum Gasteiger partial charge on any atom is 0.245 e. The highest BCUT2D eigenvalue weighted by Crippen LogP contribution is 2.34. The normalized spacial score (nSPS) is 17.7. The second-order valence-corrected chi connectivity index (χ2v) is 8.62. The number of hydrogen-bond donors (Lipinski definition) is 1. The number of aromatic nitrogens is 5. The number of fused-ring (bicyclic) bond motifs is 2. The van der Waals surface area contributed by atoms with Crippen LogP contribution in [0.5, 0.6) is 0 Å². The van der Waals surface area contributed by atoms with E-state index in [0.29, 0.717) is 5.92 Å². The Morgan fingerprint density at radius 1 is 1.12 bits per heavy atom. The average molecular weight is 458 g/mol. The number of nitrogens with zero attached hydrogens (tertiary/aromatic N) is 6. The zero-order valence-electron chi connectivity index (χ0n) is 18.9. The first kappa shape index (κ1) is 21.8. The van der Waals surface area contributed by atoms with Crippen LogP contribution in [0.15, 0.2) is 55.5 Å². The molecule has 1 unspecified atom stereocenters. The summed E-state index contributed by atoms with van der Waals surface area (Å²) in [7, 11) is 0. The first-order valence-electron chi connectivity index (χ1n) is 11.6. The number of H-pyrrole nitrogens is 1. The number of aromatic amines is 1. The lowest BCUT2D eigenvalue weighted by Gasteiger charge is -2.10. The topological polar surface area (TPSA) is 99.5 Å². The Kier molecular flexibility index (Phi) is 6.07. The van der Waals surface area contributed by atoms with Crippen molar-refractivity contribution in [1.82, 2.24) is 34.6 Å². The molecule has 2 fully saturated rings. The summed E-state index contributed by atoms with van der Waals surface area (Å²) in [4.78, 5) is 33.4. The summed E-state index contributed by atoms with van der Waals surface area (Å²) in [5, 5.41) is 9.64. The predicted octanol–water partition coefficient (Wildman–Crippen LogP) is 3.01. The number of nitrogens with one attached hydrogen (secondary N) is 1. The first-order chi connectivity index (χ1) is 16.7. The Hall–Kier alpha value is -4.01. The van der Waals surface area contributed by atoms with Crippen molar-refractivity contribution in [3.05, 3.63) is 61.2 Å². The highest BCUT2D eigenvalue weighted by atomic mass is 16.2. The number of rotatable bonds is 4. The van der Waals surface area contributed by atoms with E-state index < -0.39 is 0 Å². The lowest BCUT2D eigenvalue weighted by Crippen LogP contribution is -2.25. The van der Waals surface area contributed by atoms with E-state index in [1.54, 1.807) is 10.8 Å². The summed E-state index contributed by atoms with van der Waals surface area (Å²) in [5.74, 6) is 0.408. The van der Waals surface area contributed by atoms with Gasteiger partial charge in [0, 0.05) is 61.1 Å². The van der Waals surface area contributed by atoms with E-state index in [1.165, 1.54) is 6.08 Å². The molecule has 4 aromatic rings. The SMILES string of the molecule is C=CC(=O)N1CCCC1.O=CN1CCC(c2cc3c(-c4cnn5ncccc45)ccnc3[nH]2)C1. The van der Waals surface area contributed by atoms with Gasteiger partial charge in [-0.25, -0.2) is 4.98 Å². The van der Waals surface area contributed by atoms with Crippen LogP contribution in [0.1, 0.15) is 30.9 Å². The Bertz CT molecular complexity index is 1340. The fourth-order valence-electron chi connectivity index (χ4n) is 4.75. The van der Waals surface area contributed by atoms with E-state index in [9.17, 15) is 9.59 Å². The van der Waals surface area contributed by atoms with E-state index >= 15 is 0 Å². The van der Waals surface area contributed by atoms with Crippen molar-refractivity contribution >= 4 is 28.9 Å². The number of likely N-dealkylation sites (tertiary alicyclic amines) is 2. The molecule has 9 nitrogen and oxygen atoms in total. The van der Waals surface area contributed by atoms with Gasteiger partial charge in [-0.15, -0.1) is 0 Å². The molecule has 0 aromatic carbocycles. The summed E-state index contributed by atoms with van der Waals surface area (Å²) in [6.45, 7) is 6.82. The van der Waals surface area contributed by atoms with Gasteiger partial charge in [0.1, 0.15) is 5.65 Å². The molecule has 0 spiro atoms. The molecule has 0 radical (unpaired) electrons. The Balaban J connectivity index is 0.000000227. The lowest BCUT2D eigenvalue weighted by atomic mass is 10.0. The average Bonchev–Trinajstić information content (AvgIpc) is 3.68. The summed E-state index contributed by atoms with van der Waals surface area (Å²) < 4.78 is 1.63. The van der Waals surface area contributed by atoms with Crippen LogP contribution in [0.2, 0.25) is 0 Å². The van der Waals surface area contributed by atoms with Crippen LogP contribution in [-0.2, 0) is 9.59 Å². The minimum Gasteiger partial charge on any atom is -0.345 e. The summed E-state index contributed by atoms with van der Waals surface area (Å²) >= 11 is 0. The minimum atomic E-state index is 0.0764. The zero-order chi connectivity index (χ0) is 23.5. The lowest BCUT2D eigenvalue weighted by molar-refractivity contribution is -0.125. The van der Waals surface area contributed by atoms with Gasteiger partial charge in [0.05, 0.1) is 11.7 Å². The quantitative estimate of drug-likeness (QED) is 0.375. The molecule has 1 N–H and O–H groups in total. The molecule has 2 aliphatic rings. The molecule has 4 aromatic heterocycles. The number of carbonyl (C=O) groups is 2. The molecular weight excluding hydrogens is 430 g/mol. The fraction of sp³-hybridized carbons (Fsp3) is 0.320. The number of pyridine rings is 1. The van der Waals surface area contributed by atoms with Gasteiger partial charge >= 0.3 is 0 Å². The molecule has 2 aliphatic heterocycles. The van der Waals surface area contributed by atoms with Gasteiger partial charge in [-0.2, -0.15) is 14.8 Å². The van der Waals surface area contributed by atoms with Crippen LogP contribution in [0.25, 0.3) is 27.7 Å². The van der Waals surface area contributed by atoms with E-state index in [1.807, 2.05) is 40.4 Å². The number of carbonyl (C=O) groups excluding carboxylic acids is 2. The van der Waals surface area contributed by atoms with Crippen LogP contribution >= 0.6 is 0 Å². The van der Waals surface area contributed by atoms with Gasteiger partial charge < -0.3 is 14.8 Å². The molecular formula is C25H27N7O2. The van der Waals surface area contributed by atoms with E-state index in [4.69, 9.17) is 0 Å². The third kappa shape index (κ3) is 4.16. The van der Waals surface area contributed by atoms with E-state index in [0.717, 1.165) is 85.2 Å². The van der Waals surface area contributed by atoms with Crippen molar-refractivity contribution in [3.63, 3.8) is 0 Å². The Labute approximate surface area is 197 Å². The van der Waals surface area contributed by atoms with E-state index in [2.05, 4.69) is 32.8 Å². The largest absolute Gasteiger partial charge is 0.345 e. The Morgan fingerprint density at radius 3 is 2.74 bits per heavy atom. The van der Waals surface area contributed by atoms with Crippen molar-refractivity contribution in [2.45, 2.75) is 25.2 Å². The standard InChI is InChI=1S/C18H16N6O.C7H11NO/c25-11-23-7-4-12(10-23)16-8-14-13(3-6-19-18(14)22-16)15-9-21-24-17(15)2-1-5-20-24;1-2-7(9)8-5-3-4-6-8/h1-3,5-6,8-9,11-12H,4,7,10H2,(H,19,22);2H,1,3-6H2. The highest BCUT2D eigenvalue weighted by molar-refractivity contribution is 5.97. The molecule has 0 bridgehead atoms. The van der Waals surface area contributed by atoms with Crippen LogP contribution in [0.3, 0.4) is 0 Å². The third-order valence-corrected chi connectivity index (χ3v) is 6.55. The second-order valence-electron chi connectivity index (χ2n) is 8.62. The molecule has 9 heteroatoms. The maximum absolute atomic E-state index is 11.0. The molecule has 34 heavy (non-hydrogen) atoms.